The Labute approximate surface area is 128 Å². The monoisotopic (exact) mass is 288 g/mol. The molecular formula is C17H28N4. The molecule has 116 valence electrons. The molecule has 0 aliphatic carbocycles. The number of aromatic nitrogens is 1. The van der Waals surface area contributed by atoms with Gasteiger partial charge in [0.25, 0.3) is 0 Å². The van der Waals surface area contributed by atoms with Crippen molar-refractivity contribution in [3.8, 4) is 0 Å². The minimum absolute atomic E-state index is 0.784. The fourth-order valence-electron chi connectivity index (χ4n) is 3.58. The second-order valence-electron chi connectivity index (χ2n) is 6.85. The van der Waals surface area contributed by atoms with Crippen LogP contribution in [0.2, 0.25) is 0 Å². The number of hydrogen-bond acceptors (Lipinski definition) is 4. The van der Waals surface area contributed by atoms with Gasteiger partial charge in [-0.2, -0.15) is 0 Å². The molecule has 0 spiro atoms. The van der Waals surface area contributed by atoms with Gasteiger partial charge in [0.05, 0.1) is 0 Å². The molecule has 0 radical (unpaired) electrons. The average molecular weight is 288 g/mol. The zero-order valence-electron chi connectivity index (χ0n) is 13.6. The number of likely N-dealkylation sites (tertiary alicyclic amines) is 2. The maximum atomic E-state index is 4.50. The molecule has 0 N–H and O–H groups in total. The van der Waals surface area contributed by atoms with E-state index >= 15 is 0 Å². The van der Waals surface area contributed by atoms with E-state index < -0.39 is 0 Å². The SMILES string of the molecule is CC1CCCCN1C1CN(Cc2ccc(N(C)C)nc2)C1. The van der Waals surface area contributed by atoms with Gasteiger partial charge in [0.2, 0.25) is 0 Å². The predicted molar refractivity (Wildman–Crippen MR) is 87.6 cm³/mol. The number of hydrogen-bond donors (Lipinski definition) is 0. The summed E-state index contributed by atoms with van der Waals surface area (Å²) in [6, 6.07) is 5.89. The third-order valence-electron chi connectivity index (χ3n) is 4.93. The highest BCUT2D eigenvalue weighted by molar-refractivity contribution is 5.37. The molecule has 1 unspecified atom stereocenters. The van der Waals surface area contributed by atoms with Crippen LogP contribution in [0.25, 0.3) is 0 Å². The third kappa shape index (κ3) is 3.38. The first-order valence-electron chi connectivity index (χ1n) is 8.24. The second-order valence-corrected chi connectivity index (χ2v) is 6.85. The predicted octanol–water partition coefficient (Wildman–Crippen LogP) is 2.21. The summed E-state index contributed by atoms with van der Waals surface area (Å²) < 4.78 is 0. The Morgan fingerprint density at radius 3 is 2.67 bits per heavy atom. The van der Waals surface area contributed by atoms with E-state index in [0.29, 0.717) is 0 Å². The summed E-state index contributed by atoms with van der Waals surface area (Å²) >= 11 is 0. The Kier molecular flexibility index (Phi) is 4.45. The largest absolute Gasteiger partial charge is 0.363 e. The summed E-state index contributed by atoms with van der Waals surface area (Å²) in [5.41, 5.74) is 1.32. The Balaban J connectivity index is 1.48. The van der Waals surface area contributed by atoms with Gasteiger partial charge in [-0.25, -0.2) is 4.98 Å². The molecule has 21 heavy (non-hydrogen) atoms. The molecule has 0 bridgehead atoms. The zero-order valence-corrected chi connectivity index (χ0v) is 13.6. The number of piperidine rings is 1. The lowest BCUT2D eigenvalue weighted by molar-refractivity contribution is -0.00624. The van der Waals surface area contributed by atoms with Crippen molar-refractivity contribution >= 4 is 5.82 Å². The van der Waals surface area contributed by atoms with E-state index in [1.165, 1.54) is 44.5 Å². The van der Waals surface area contributed by atoms with Crippen molar-refractivity contribution in [2.45, 2.75) is 44.8 Å². The molecule has 0 aromatic carbocycles. The quantitative estimate of drug-likeness (QED) is 0.847. The zero-order chi connectivity index (χ0) is 14.8. The first kappa shape index (κ1) is 14.8. The van der Waals surface area contributed by atoms with Crippen LogP contribution in [0.15, 0.2) is 18.3 Å². The Bertz CT molecular complexity index is 450. The Morgan fingerprint density at radius 2 is 2.05 bits per heavy atom. The summed E-state index contributed by atoms with van der Waals surface area (Å²) in [5.74, 6) is 1.03. The fraction of sp³-hybridized carbons (Fsp3) is 0.706. The van der Waals surface area contributed by atoms with Gasteiger partial charge in [-0.3, -0.25) is 9.80 Å². The Morgan fingerprint density at radius 1 is 1.24 bits per heavy atom. The van der Waals surface area contributed by atoms with E-state index in [1.54, 1.807) is 0 Å². The molecule has 1 aromatic rings. The molecular weight excluding hydrogens is 260 g/mol. The molecule has 3 heterocycles. The van der Waals surface area contributed by atoms with Gasteiger partial charge in [0, 0.05) is 52.0 Å². The van der Waals surface area contributed by atoms with Gasteiger partial charge in [-0.05, 0) is 37.9 Å². The van der Waals surface area contributed by atoms with E-state index in [0.717, 1.165) is 24.4 Å². The van der Waals surface area contributed by atoms with Crippen molar-refractivity contribution in [3.63, 3.8) is 0 Å². The van der Waals surface area contributed by atoms with Crippen LogP contribution in [0.1, 0.15) is 31.7 Å². The minimum Gasteiger partial charge on any atom is -0.363 e. The molecule has 2 aliphatic heterocycles. The first-order chi connectivity index (χ1) is 10.1. The number of anilines is 1. The van der Waals surface area contributed by atoms with Crippen LogP contribution < -0.4 is 4.90 Å². The van der Waals surface area contributed by atoms with Gasteiger partial charge < -0.3 is 4.90 Å². The highest BCUT2D eigenvalue weighted by Gasteiger charge is 2.34. The van der Waals surface area contributed by atoms with Crippen molar-refractivity contribution in [1.82, 2.24) is 14.8 Å². The molecule has 2 saturated heterocycles. The molecule has 0 saturated carbocycles. The molecule has 2 fully saturated rings. The molecule has 0 amide bonds. The lowest BCUT2D eigenvalue weighted by Gasteiger charge is -2.49. The maximum Gasteiger partial charge on any atom is 0.127 e. The normalized spacial score (nSPS) is 24.8. The van der Waals surface area contributed by atoms with Crippen LogP contribution >= 0.6 is 0 Å². The van der Waals surface area contributed by atoms with Gasteiger partial charge in [-0.1, -0.05) is 12.5 Å². The number of nitrogens with zero attached hydrogens (tertiary/aromatic N) is 4. The molecule has 1 aromatic heterocycles. The molecule has 4 heteroatoms. The minimum atomic E-state index is 0.784. The number of rotatable bonds is 4. The van der Waals surface area contributed by atoms with Crippen LogP contribution in [0.5, 0.6) is 0 Å². The lowest BCUT2D eigenvalue weighted by Crippen LogP contribution is -2.61. The van der Waals surface area contributed by atoms with Crippen LogP contribution in [-0.2, 0) is 6.54 Å². The van der Waals surface area contributed by atoms with Gasteiger partial charge in [0.15, 0.2) is 0 Å². The van der Waals surface area contributed by atoms with Crippen LogP contribution in [0.4, 0.5) is 5.82 Å². The van der Waals surface area contributed by atoms with Crippen molar-refractivity contribution in [1.29, 1.82) is 0 Å². The summed E-state index contributed by atoms with van der Waals surface area (Å²) in [7, 11) is 4.06. The highest BCUT2D eigenvalue weighted by Crippen LogP contribution is 2.25. The van der Waals surface area contributed by atoms with Crippen molar-refractivity contribution in [2.75, 3.05) is 38.6 Å². The van der Waals surface area contributed by atoms with Gasteiger partial charge in [0.1, 0.15) is 5.82 Å². The topological polar surface area (TPSA) is 22.6 Å². The van der Waals surface area contributed by atoms with E-state index in [2.05, 4.69) is 33.8 Å². The highest BCUT2D eigenvalue weighted by atomic mass is 15.3. The van der Waals surface area contributed by atoms with E-state index in [-0.39, 0.29) is 0 Å². The fourth-order valence-corrected chi connectivity index (χ4v) is 3.58. The van der Waals surface area contributed by atoms with Gasteiger partial charge in [-0.15, -0.1) is 0 Å². The van der Waals surface area contributed by atoms with Crippen LogP contribution in [0.3, 0.4) is 0 Å². The lowest BCUT2D eigenvalue weighted by atomic mass is 9.97. The van der Waals surface area contributed by atoms with E-state index in [1.807, 2.05) is 25.2 Å². The van der Waals surface area contributed by atoms with Crippen molar-refractivity contribution in [2.24, 2.45) is 0 Å². The van der Waals surface area contributed by atoms with Crippen LogP contribution in [0, 0.1) is 0 Å². The van der Waals surface area contributed by atoms with Crippen LogP contribution in [-0.4, -0.2) is 60.6 Å². The standard InChI is InChI=1S/C17H28N4/c1-14-6-4-5-9-21(14)16-12-20(13-16)11-15-7-8-17(18-10-15)19(2)3/h7-8,10,14,16H,4-6,9,11-13H2,1-3H3. The summed E-state index contributed by atoms with van der Waals surface area (Å²) in [4.78, 5) is 11.8. The first-order valence-corrected chi connectivity index (χ1v) is 8.24. The van der Waals surface area contributed by atoms with Crippen molar-refractivity contribution < 1.29 is 0 Å². The van der Waals surface area contributed by atoms with Crippen molar-refractivity contribution in [3.05, 3.63) is 23.9 Å². The molecule has 1 atom stereocenters. The molecule has 4 nitrogen and oxygen atoms in total. The summed E-state index contributed by atoms with van der Waals surface area (Å²) in [6.45, 7) is 7.18. The maximum absolute atomic E-state index is 4.50. The average Bonchev–Trinajstić information content (AvgIpc) is 2.44. The summed E-state index contributed by atoms with van der Waals surface area (Å²) in [5, 5.41) is 0. The Hall–Kier alpha value is -1.13. The molecule has 3 rings (SSSR count). The van der Waals surface area contributed by atoms with E-state index in [4.69, 9.17) is 0 Å². The number of pyridine rings is 1. The molecule has 2 aliphatic rings. The smallest absolute Gasteiger partial charge is 0.127 e. The van der Waals surface area contributed by atoms with Gasteiger partial charge >= 0.3 is 0 Å². The third-order valence-corrected chi connectivity index (χ3v) is 4.93. The summed E-state index contributed by atoms with van der Waals surface area (Å²) in [6.07, 6.45) is 6.20. The second kappa shape index (κ2) is 6.32. The van der Waals surface area contributed by atoms with E-state index in [9.17, 15) is 0 Å².